The lowest BCUT2D eigenvalue weighted by Crippen LogP contribution is -2.22. The lowest BCUT2D eigenvalue weighted by molar-refractivity contribution is 0.102. The number of hydrogen-bond donors (Lipinski definition) is 3. The minimum Gasteiger partial charge on any atom is -0.453 e. The van der Waals surface area contributed by atoms with Gasteiger partial charge < -0.3 is 20.4 Å². The van der Waals surface area contributed by atoms with Crippen molar-refractivity contribution >= 4 is 40.0 Å². The molecule has 0 spiro atoms. The fourth-order valence-corrected chi connectivity index (χ4v) is 5.45. The number of carbonyl (C=O) groups excluding carboxylic acids is 1. The summed E-state index contributed by atoms with van der Waals surface area (Å²) >= 11 is 2.11. The first-order chi connectivity index (χ1) is 22.4. The Labute approximate surface area is 276 Å². The molecule has 6 rings (SSSR count). The van der Waals surface area contributed by atoms with E-state index in [1.807, 2.05) is 60.7 Å². The van der Waals surface area contributed by atoms with Gasteiger partial charge in [0.15, 0.2) is 11.6 Å². The summed E-state index contributed by atoms with van der Waals surface area (Å²) in [4.78, 5) is 33.3. The molecule has 7 nitrogen and oxygen atoms in total. The Morgan fingerprint density at radius 1 is 0.826 bits per heavy atom. The van der Waals surface area contributed by atoms with Crippen molar-refractivity contribution in [2.24, 2.45) is 0 Å². The molecular formula is C36H25F2IN4O3. The van der Waals surface area contributed by atoms with E-state index in [1.165, 1.54) is 48.8 Å². The minimum absolute atomic E-state index is 0.0631. The summed E-state index contributed by atoms with van der Waals surface area (Å²) < 4.78 is 35.2. The van der Waals surface area contributed by atoms with Gasteiger partial charge in [0.1, 0.15) is 22.9 Å². The average Bonchev–Trinajstić information content (AvgIpc) is 3.07. The summed E-state index contributed by atoms with van der Waals surface area (Å²) in [5.41, 5.74) is 2.13. The maximum absolute atomic E-state index is 15.3. The van der Waals surface area contributed by atoms with Crippen LogP contribution in [-0.2, 0) is 0 Å². The maximum atomic E-state index is 15.3. The van der Waals surface area contributed by atoms with Gasteiger partial charge in [-0.2, -0.15) is 0 Å². The van der Waals surface area contributed by atoms with Crippen LogP contribution in [0.4, 0.5) is 20.3 Å². The van der Waals surface area contributed by atoms with E-state index in [2.05, 4.69) is 43.2 Å². The van der Waals surface area contributed by atoms with Crippen LogP contribution in [0.15, 0.2) is 133 Å². The van der Waals surface area contributed by atoms with E-state index in [9.17, 15) is 14.0 Å². The number of ether oxygens (including phenoxy) is 1. The zero-order valence-electron chi connectivity index (χ0n) is 24.0. The maximum Gasteiger partial charge on any atom is 0.261 e. The van der Waals surface area contributed by atoms with Crippen LogP contribution in [0.1, 0.15) is 27.5 Å². The molecule has 0 aliphatic rings. The molecule has 0 atom stereocenters. The van der Waals surface area contributed by atoms with Crippen LogP contribution in [0.2, 0.25) is 0 Å². The number of H-pyrrole nitrogens is 1. The lowest BCUT2D eigenvalue weighted by Gasteiger charge is -2.22. The fraction of sp³-hybridized carbons (Fsp3) is 0.0278. The van der Waals surface area contributed by atoms with Crippen molar-refractivity contribution in [3.63, 3.8) is 0 Å². The Morgan fingerprint density at radius 2 is 1.50 bits per heavy atom. The third-order valence-corrected chi connectivity index (χ3v) is 8.20. The van der Waals surface area contributed by atoms with Crippen LogP contribution in [0.3, 0.4) is 0 Å². The van der Waals surface area contributed by atoms with Crippen molar-refractivity contribution in [2.75, 3.05) is 10.6 Å². The molecule has 0 fully saturated rings. The molecule has 2 heterocycles. The summed E-state index contributed by atoms with van der Waals surface area (Å²) in [5.74, 6) is -1.01. The molecule has 2 aromatic heterocycles. The number of hydrogen-bond acceptors (Lipinski definition) is 5. The third-order valence-electron chi connectivity index (χ3n) is 7.15. The van der Waals surface area contributed by atoms with Gasteiger partial charge in [-0.15, -0.1) is 0 Å². The van der Waals surface area contributed by atoms with E-state index in [0.717, 1.165) is 17.2 Å². The van der Waals surface area contributed by atoms with E-state index in [0.29, 0.717) is 20.7 Å². The van der Waals surface area contributed by atoms with Gasteiger partial charge in [0.2, 0.25) is 5.43 Å². The van der Waals surface area contributed by atoms with E-state index < -0.39 is 23.0 Å². The highest BCUT2D eigenvalue weighted by atomic mass is 127. The quantitative estimate of drug-likeness (QED) is 0.130. The third kappa shape index (κ3) is 6.81. The summed E-state index contributed by atoms with van der Waals surface area (Å²) in [6.07, 6.45) is 4.27. The van der Waals surface area contributed by atoms with Crippen LogP contribution >= 0.6 is 22.6 Å². The van der Waals surface area contributed by atoms with Crippen LogP contribution in [0, 0.1) is 15.2 Å². The molecular weight excluding hydrogens is 701 g/mol. The summed E-state index contributed by atoms with van der Waals surface area (Å²) in [6.45, 7) is 0. The number of halogens is 3. The number of anilines is 2. The number of amides is 1. The predicted octanol–water partition coefficient (Wildman–Crippen LogP) is 8.57. The van der Waals surface area contributed by atoms with Gasteiger partial charge >= 0.3 is 0 Å². The molecule has 0 unspecified atom stereocenters. The Hall–Kier alpha value is -5.36. The van der Waals surface area contributed by atoms with Crippen molar-refractivity contribution in [3.8, 4) is 22.6 Å². The highest BCUT2D eigenvalue weighted by molar-refractivity contribution is 14.1. The first-order valence-electron chi connectivity index (χ1n) is 14.1. The highest BCUT2D eigenvalue weighted by Crippen LogP contribution is 2.35. The minimum atomic E-state index is -0.732. The van der Waals surface area contributed by atoms with Crippen LogP contribution < -0.4 is 20.8 Å². The molecule has 228 valence electrons. The number of nitrogens with zero attached hydrogens (tertiary/aromatic N) is 1. The predicted molar refractivity (Wildman–Crippen MR) is 182 cm³/mol. The normalized spacial score (nSPS) is 10.9. The number of aromatic nitrogens is 2. The van der Waals surface area contributed by atoms with E-state index >= 15 is 4.39 Å². The number of rotatable bonds is 9. The van der Waals surface area contributed by atoms with Gasteiger partial charge in [-0.25, -0.2) is 13.8 Å². The van der Waals surface area contributed by atoms with Crippen LogP contribution in [0.25, 0.3) is 11.1 Å². The summed E-state index contributed by atoms with van der Waals surface area (Å²) in [5, 5.41) is 6.06. The SMILES string of the molecule is O=C(Nc1ccc(Oc2ccnc(NC(c3ccccc3)c3ccccc3)c2I)c(F)c1)c1c[nH]cc(-c2ccc(F)cc2)c1=O. The summed E-state index contributed by atoms with van der Waals surface area (Å²) in [6, 6.07) is 30.7. The number of aromatic amines is 1. The highest BCUT2D eigenvalue weighted by Gasteiger charge is 2.19. The van der Waals surface area contributed by atoms with Gasteiger partial charge in [0.05, 0.1) is 9.61 Å². The monoisotopic (exact) mass is 726 g/mol. The molecule has 0 saturated carbocycles. The molecule has 0 saturated heterocycles. The second-order valence-electron chi connectivity index (χ2n) is 10.2. The Bertz CT molecular complexity index is 2020. The molecule has 0 bridgehead atoms. The number of nitrogens with one attached hydrogen (secondary N) is 3. The molecule has 4 aromatic carbocycles. The largest absolute Gasteiger partial charge is 0.453 e. The van der Waals surface area contributed by atoms with Crippen LogP contribution in [0.5, 0.6) is 11.5 Å². The fourth-order valence-electron chi connectivity index (χ4n) is 4.87. The molecule has 0 radical (unpaired) electrons. The van der Waals surface area contributed by atoms with Crippen molar-refractivity contribution < 1.29 is 18.3 Å². The average molecular weight is 727 g/mol. The number of pyridine rings is 2. The van der Waals surface area contributed by atoms with Crippen molar-refractivity contribution in [1.29, 1.82) is 0 Å². The molecule has 1 amide bonds. The number of carbonyl (C=O) groups is 1. The zero-order chi connectivity index (χ0) is 32.0. The first-order valence-corrected chi connectivity index (χ1v) is 15.2. The summed E-state index contributed by atoms with van der Waals surface area (Å²) in [7, 11) is 0. The Morgan fingerprint density at radius 3 is 2.15 bits per heavy atom. The molecule has 10 heteroatoms. The van der Waals surface area contributed by atoms with Crippen molar-refractivity contribution in [1.82, 2.24) is 9.97 Å². The Kier molecular flexibility index (Phi) is 9.15. The van der Waals surface area contributed by atoms with Crippen LogP contribution in [-0.4, -0.2) is 15.9 Å². The standard InChI is InChI=1S/C36H25F2IN4O3/c37-25-13-11-22(12-14-25)27-20-40-21-28(34(27)44)36(45)42-26-15-16-30(29(38)19-26)46-31-17-18-41-35(32(31)39)43-33(23-7-3-1-4-8-23)24-9-5-2-6-10-24/h1-21,33H,(H,40,44)(H,41,43)(H,42,45). The molecule has 0 aliphatic heterocycles. The van der Waals surface area contributed by atoms with Crippen molar-refractivity contribution in [2.45, 2.75) is 6.04 Å². The van der Waals surface area contributed by atoms with Gasteiger partial charge in [-0.05, 0) is 63.5 Å². The van der Waals surface area contributed by atoms with E-state index in [4.69, 9.17) is 4.74 Å². The first kappa shape index (κ1) is 30.7. The molecule has 46 heavy (non-hydrogen) atoms. The smallest absolute Gasteiger partial charge is 0.261 e. The van der Waals surface area contributed by atoms with E-state index in [-0.39, 0.29) is 28.6 Å². The second-order valence-corrected chi connectivity index (χ2v) is 11.3. The zero-order valence-corrected chi connectivity index (χ0v) is 26.2. The van der Waals surface area contributed by atoms with Gasteiger partial charge in [0.25, 0.3) is 5.91 Å². The molecule has 6 aromatic rings. The van der Waals surface area contributed by atoms with Gasteiger partial charge in [0, 0.05) is 42.0 Å². The van der Waals surface area contributed by atoms with Crippen molar-refractivity contribution in [3.05, 3.63) is 170 Å². The lowest BCUT2D eigenvalue weighted by atomic mass is 9.99. The molecule has 0 aliphatic carbocycles. The second kappa shape index (κ2) is 13.7. The topological polar surface area (TPSA) is 96.1 Å². The van der Waals surface area contributed by atoms with Gasteiger partial charge in [-0.3, -0.25) is 9.59 Å². The molecule has 3 N–H and O–H groups in total. The van der Waals surface area contributed by atoms with E-state index in [1.54, 1.807) is 12.3 Å². The Balaban J connectivity index is 1.19. The van der Waals surface area contributed by atoms with Gasteiger partial charge in [-0.1, -0.05) is 72.8 Å². The number of benzene rings is 4.